The Labute approximate surface area is 223 Å². The van der Waals surface area contributed by atoms with Gasteiger partial charge in [0.25, 0.3) is 5.91 Å². The van der Waals surface area contributed by atoms with Gasteiger partial charge in [-0.05, 0) is 53.8 Å². The van der Waals surface area contributed by atoms with Gasteiger partial charge in [0.1, 0.15) is 6.04 Å². The lowest BCUT2D eigenvalue weighted by Gasteiger charge is -2.17. The second-order valence-corrected chi connectivity index (χ2v) is 11.9. The van der Waals surface area contributed by atoms with Crippen molar-refractivity contribution in [3.05, 3.63) is 78.2 Å². The van der Waals surface area contributed by atoms with Crippen molar-refractivity contribution in [2.24, 2.45) is 0 Å². The van der Waals surface area contributed by atoms with Gasteiger partial charge in [0.15, 0.2) is 5.13 Å². The number of anilines is 1. The van der Waals surface area contributed by atoms with Crippen LogP contribution >= 0.6 is 23.1 Å². The fraction of sp³-hybridized carbons (Fsp3) is 0.200. The molecule has 0 bridgehead atoms. The van der Waals surface area contributed by atoms with E-state index in [1.807, 2.05) is 48.0 Å². The van der Waals surface area contributed by atoms with Gasteiger partial charge in [0, 0.05) is 35.7 Å². The zero-order valence-corrected chi connectivity index (χ0v) is 22.6. The lowest BCUT2D eigenvalue weighted by atomic mass is 10.0. The van der Waals surface area contributed by atoms with Crippen LogP contribution < -0.4 is 10.6 Å². The van der Waals surface area contributed by atoms with E-state index >= 15 is 0 Å². The fourth-order valence-electron chi connectivity index (χ4n) is 3.52. The van der Waals surface area contributed by atoms with Crippen LogP contribution in [0.5, 0.6) is 0 Å². The van der Waals surface area contributed by atoms with E-state index in [2.05, 4.69) is 20.6 Å². The summed E-state index contributed by atoms with van der Waals surface area (Å²) in [4.78, 5) is 34.4. The normalized spacial score (nSPS) is 12.2. The molecule has 4 aromatic rings. The number of amides is 2. The van der Waals surface area contributed by atoms with Crippen molar-refractivity contribution in [1.82, 2.24) is 19.3 Å². The molecule has 1 aromatic carbocycles. The van der Waals surface area contributed by atoms with E-state index in [1.165, 1.54) is 29.8 Å². The van der Waals surface area contributed by atoms with Gasteiger partial charge in [0.05, 0.1) is 17.5 Å². The predicted molar refractivity (Wildman–Crippen MR) is 148 cm³/mol. The Kier molecular flexibility index (Phi) is 8.41. The van der Waals surface area contributed by atoms with Crippen LogP contribution in [-0.4, -0.2) is 58.5 Å². The van der Waals surface area contributed by atoms with Crippen LogP contribution in [0.15, 0.2) is 72.6 Å². The van der Waals surface area contributed by atoms with Crippen LogP contribution in [0.3, 0.4) is 0 Å². The maximum absolute atomic E-state index is 13.1. The average molecular weight is 556 g/mol. The molecular formula is C25H25N5O4S3. The van der Waals surface area contributed by atoms with Crippen LogP contribution in [0.1, 0.15) is 16.8 Å². The van der Waals surface area contributed by atoms with Gasteiger partial charge in [-0.25, -0.2) is 13.4 Å². The number of thiazole rings is 1. The third-order valence-corrected chi connectivity index (χ3v) is 7.85. The highest BCUT2D eigenvalue weighted by molar-refractivity contribution is 7.98. The molecule has 0 unspecified atom stereocenters. The summed E-state index contributed by atoms with van der Waals surface area (Å²) in [6.07, 6.45) is 9.36. The Bertz CT molecular complexity index is 1500. The summed E-state index contributed by atoms with van der Waals surface area (Å²) in [5, 5.41) is 7.81. The smallest absolute Gasteiger partial charge is 0.253 e. The maximum atomic E-state index is 13.1. The molecule has 37 heavy (non-hydrogen) atoms. The minimum Gasteiger partial charge on any atom is -0.340 e. The minimum absolute atomic E-state index is 0.151. The summed E-state index contributed by atoms with van der Waals surface area (Å²) in [6.45, 7) is 0. The summed E-state index contributed by atoms with van der Waals surface area (Å²) in [5.41, 5.74) is 3.86. The highest BCUT2D eigenvalue weighted by Gasteiger charge is 2.23. The molecule has 0 aliphatic heterocycles. The molecule has 12 heteroatoms. The van der Waals surface area contributed by atoms with Crippen LogP contribution in [0, 0.1) is 0 Å². The first-order valence-corrected chi connectivity index (χ1v) is 15.3. The second kappa shape index (κ2) is 11.7. The number of rotatable bonds is 10. The zero-order valence-electron chi connectivity index (χ0n) is 20.1. The van der Waals surface area contributed by atoms with Crippen LogP contribution in [0.2, 0.25) is 0 Å². The molecule has 9 nitrogen and oxygen atoms in total. The first kappa shape index (κ1) is 26.6. The van der Waals surface area contributed by atoms with Crippen molar-refractivity contribution in [2.45, 2.75) is 12.5 Å². The molecule has 3 heterocycles. The molecule has 0 radical (unpaired) electrons. The third-order valence-electron chi connectivity index (χ3n) is 5.45. The van der Waals surface area contributed by atoms with Gasteiger partial charge in [-0.15, -0.1) is 11.3 Å². The summed E-state index contributed by atoms with van der Waals surface area (Å²) in [5.74, 6) is -0.277. The third kappa shape index (κ3) is 6.85. The van der Waals surface area contributed by atoms with Gasteiger partial charge in [-0.1, -0.05) is 18.2 Å². The monoisotopic (exact) mass is 555 g/mol. The van der Waals surface area contributed by atoms with Crippen molar-refractivity contribution < 1.29 is 18.0 Å². The van der Waals surface area contributed by atoms with E-state index in [4.69, 9.17) is 0 Å². The Hall–Kier alpha value is -3.48. The quantitative estimate of drug-likeness (QED) is 0.304. The average Bonchev–Trinajstić information content (AvgIpc) is 3.57. The van der Waals surface area contributed by atoms with E-state index in [-0.39, 0.29) is 5.56 Å². The number of carbonyl (C=O) groups is 2. The Morgan fingerprint density at radius 1 is 1.11 bits per heavy atom. The van der Waals surface area contributed by atoms with E-state index in [1.54, 1.807) is 24.2 Å². The summed E-state index contributed by atoms with van der Waals surface area (Å²) < 4.78 is 24.3. The SMILES string of the molecule is CSCC[C@H](NC(=O)c1ccn(S(C)(=O)=O)c1)C(=O)Nc1nc(-c2cccc(-c3ccncc3)c2)cs1. The van der Waals surface area contributed by atoms with Gasteiger partial charge < -0.3 is 10.6 Å². The van der Waals surface area contributed by atoms with E-state index in [0.717, 1.165) is 32.6 Å². The summed E-state index contributed by atoms with van der Waals surface area (Å²) in [7, 11) is -3.51. The number of benzene rings is 1. The van der Waals surface area contributed by atoms with Gasteiger partial charge in [0.2, 0.25) is 15.9 Å². The van der Waals surface area contributed by atoms with Crippen LogP contribution in [0.4, 0.5) is 5.13 Å². The maximum Gasteiger partial charge on any atom is 0.253 e. The predicted octanol–water partition coefficient (Wildman–Crippen LogP) is 3.97. The Morgan fingerprint density at radius 3 is 2.57 bits per heavy atom. The molecule has 0 aliphatic carbocycles. The Balaban J connectivity index is 1.46. The fourth-order valence-corrected chi connectivity index (χ4v) is 5.30. The minimum atomic E-state index is -3.51. The van der Waals surface area contributed by atoms with E-state index in [9.17, 15) is 18.0 Å². The molecule has 0 fully saturated rings. The lowest BCUT2D eigenvalue weighted by Crippen LogP contribution is -2.44. The van der Waals surface area contributed by atoms with Crippen LogP contribution in [-0.2, 0) is 14.8 Å². The molecule has 192 valence electrons. The van der Waals surface area contributed by atoms with E-state index < -0.39 is 27.9 Å². The lowest BCUT2D eigenvalue weighted by molar-refractivity contribution is -0.118. The van der Waals surface area contributed by atoms with Crippen molar-refractivity contribution in [3.8, 4) is 22.4 Å². The molecule has 2 amide bonds. The highest BCUT2D eigenvalue weighted by atomic mass is 32.2. The molecule has 0 saturated carbocycles. The molecule has 0 saturated heterocycles. The molecule has 2 N–H and O–H groups in total. The number of nitrogens with zero attached hydrogens (tertiary/aromatic N) is 3. The topological polar surface area (TPSA) is 123 Å². The van der Waals surface area contributed by atoms with E-state index in [0.29, 0.717) is 17.3 Å². The van der Waals surface area contributed by atoms with Gasteiger partial charge in [-0.2, -0.15) is 11.8 Å². The number of carbonyl (C=O) groups excluding carboxylic acids is 2. The molecular weight excluding hydrogens is 531 g/mol. The second-order valence-electron chi connectivity index (χ2n) is 8.14. The number of pyridine rings is 1. The van der Waals surface area contributed by atoms with Crippen LogP contribution in [0.25, 0.3) is 22.4 Å². The largest absolute Gasteiger partial charge is 0.340 e. The summed E-state index contributed by atoms with van der Waals surface area (Å²) >= 11 is 2.85. The summed E-state index contributed by atoms with van der Waals surface area (Å²) in [6, 6.07) is 12.4. The van der Waals surface area contributed by atoms with Crippen molar-refractivity contribution >= 4 is 50.1 Å². The number of hydrogen-bond acceptors (Lipinski definition) is 8. The standard InChI is InChI=1S/C25H25N5O4S3/c1-35-13-9-21(27-23(31)20-8-12-30(15-20)37(2,33)34)24(32)29-25-28-22(16-36-25)19-5-3-4-18(14-19)17-6-10-26-11-7-17/h3-8,10-12,14-16,21H,9,13H2,1-2H3,(H,27,31)(H,28,29,32)/t21-/m0/s1. The zero-order chi connectivity index (χ0) is 26.4. The van der Waals surface area contributed by atoms with Crippen molar-refractivity contribution in [2.75, 3.05) is 23.6 Å². The number of aromatic nitrogens is 3. The van der Waals surface area contributed by atoms with Crippen molar-refractivity contribution in [1.29, 1.82) is 0 Å². The number of thioether (sulfide) groups is 1. The molecule has 0 aliphatic rings. The first-order valence-electron chi connectivity index (χ1n) is 11.2. The number of nitrogens with one attached hydrogen (secondary N) is 2. The highest BCUT2D eigenvalue weighted by Crippen LogP contribution is 2.29. The molecule has 4 rings (SSSR count). The number of hydrogen-bond donors (Lipinski definition) is 2. The molecule has 3 aromatic heterocycles. The molecule has 0 spiro atoms. The van der Waals surface area contributed by atoms with Gasteiger partial charge >= 0.3 is 0 Å². The van der Waals surface area contributed by atoms with Gasteiger partial charge in [-0.3, -0.25) is 18.5 Å². The Morgan fingerprint density at radius 2 is 1.86 bits per heavy atom. The van der Waals surface area contributed by atoms with Crippen molar-refractivity contribution in [3.63, 3.8) is 0 Å². The first-order chi connectivity index (χ1) is 17.7. The molecule has 1 atom stereocenters.